The van der Waals surface area contributed by atoms with Crippen LogP contribution in [-0.2, 0) is 21.1 Å². The maximum absolute atomic E-state index is 12.0. The number of rotatable bonds is 7. The van der Waals surface area contributed by atoms with Crippen LogP contribution < -0.4 is 5.32 Å². The lowest BCUT2D eigenvalue weighted by Gasteiger charge is -2.07. The van der Waals surface area contributed by atoms with Gasteiger partial charge in [-0.05, 0) is 36.6 Å². The van der Waals surface area contributed by atoms with Gasteiger partial charge in [0.1, 0.15) is 5.75 Å². The number of sulfone groups is 1. The maximum Gasteiger partial charge on any atom is 0.239 e. The molecular weight excluding hydrogens is 324 g/mol. The molecule has 5 nitrogen and oxygen atoms in total. The Kier molecular flexibility index (Phi) is 6.10. The van der Waals surface area contributed by atoms with E-state index in [2.05, 4.69) is 5.32 Å². The van der Waals surface area contributed by atoms with Crippen LogP contribution in [0.5, 0.6) is 0 Å². The van der Waals surface area contributed by atoms with Gasteiger partial charge in [-0.15, -0.1) is 0 Å². The molecule has 0 aliphatic heterocycles. The molecule has 2 aromatic rings. The molecule has 124 valence electrons. The topological polar surface area (TPSA) is 87.0 Å². The van der Waals surface area contributed by atoms with Gasteiger partial charge in [-0.25, -0.2) is 8.42 Å². The first kappa shape index (κ1) is 17.7. The van der Waals surface area contributed by atoms with Gasteiger partial charge in [0, 0.05) is 5.69 Å². The fourth-order valence-corrected chi connectivity index (χ4v) is 3.48. The third-order valence-electron chi connectivity index (χ3n) is 3.39. The van der Waals surface area contributed by atoms with Gasteiger partial charge in [0.25, 0.3) is 0 Å². The Morgan fingerprint density at radius 2 is 1.83 bits per heavy atom. The summed E-state index contributed by atoms with van der Waals surface area (Å²) in [6.45, 7) is 0. The summed E-state index contributed by atoms with van der Waals surface area (Å²) in [5.41, 5.74) is 1.89. The molecule has 0 spiro atoms. The van der Waals surface area contributed by atoms with Gasteiger partial charge in [-0.3, -0.25) is 4.79 Å². The van der Waals surface area contributed by atoms with Crippen LogP contribution in [0.2, 0.25) is 0 Å². The zero-order valence-electron chi connectivity index (χ0n) is 13.1. The molecule has 1 amide bonds. The summed E-state index contributed by atoms with van der Waals surface area (Å²) in [6.07, 6.45) is 1.13. The van der Waals surface area contributed by atoms with Crippen LogP contribution in [-0.4, -0.2) is 25.8 Å². The number of hydrogen-bond acceptors (Lipinski definition) is 4. The number of nitrogens with one attached hydrogen (secondary N) is 1. The van der Waals surface area contributed by atoms with E-state index in [-0.39, 0.29) is 5.75 Å². The molecule has 6 heteroatoms. The molecule has 24 heavy (non-hydrogen) atoms. The summed E-state index contributed by atoms with van der Waals surface area (Å²) < 4.78 is 24.1. The van der Waals surface area contributed by atoms with E-state index in [1.807, 2.05) is 36.4 Å². The predicted molar refractivity (Wildman–Crippen MR) is 93.2 cm³/mol. The highest BCUT2D eigenvalue weighted by molar-refractivity contribution is 7.92. The Labute approximate surface area is 141 Å². The second kappa shape index (κ2) is 8.27. The quantitative estimate of drug-likeness (QED) is 0.837. The van der Waals surface area contributed by atoms with Crippen molar-refractivity contribution in [3.05, 3.63) is 65.7 Å². The van der Waals surface area contributed by atoms with E-state index >= 15 is 0 Å². The fourth-order valence-electron chi connectivity index (χ4n) is 2.28. The number of carbonyl (C=O) groups is 1. The lowest BCUT2D eigenvalue weighted by Crippen LogP contribution is -2.25. The summed E-state index contributed by atoms with van der Waals surface area (Å²) in [7, 11) is -3.46. The average Bonchev–Trinajstić information content (AvgIpc) is 2.55. The molecule has 1 N–H and O–H groups in total. The van der Waals surface area contributed by atoms with Crippen LogP contribution in [0, 0.1) is 11.3 Å². The molecule has 0 aliphatic carbocycles. The minimum absolute atomic E-state index is 0.0342. The second-order valence-electron chi connectivity index (χ2n) is 5.42. The Bertz CT molecular complexity index is 840. The van der Waals surface area contributed by atoms with E-state index in [0.29, 0.717) is 24.1 Å². The zero-order valence-corrected chi connectivity index (χ0v) is 13.9. The zero-order chi connectivity index (χ0) is 17.4. The first-order valence-electron chi connectivity index (χ1n) is 7.53. The van der Waals surface area contributed by atoms with Gasteiger partial charge in [0.15, 0.2) is 9.84 Å². The molecule has 0 aliphatic rings. The monoisotopic (exact) mass is 342 g/mol. The van der Waals surface area contributed by atoms with Crippen LogP contribution in [0.25, 0.3) is 0 Å². The smallest absolute Gasteiger partial charge is 0.239 e. The normalized spacial score (nSPS) is 10.8. The standard InChI is InChI=1S/C18H18N2O3S/c19-13-16-8-4-10-17(12-16)20-18(21)14-24(22,23)11-5-9-15-6-2-1-3-7-15/h1-4,6-8,10,12H,5,9,11,14H2,(H,20,21). The molecule has 0 unspecified atom stereocenters. The van der Waals surface area contributed by atoms with Gasteiger partial charge in [0.2, 0.25) is 5.91 Å². The van der Waals surface area contributed by atoms with Gasteiger partial charge in [0.05, 0.1) is 17.4 Å². The van der Waals surface area contributed by atoms with Crippen molar-refractivity contribution in [3.63, 3.8) is 0 Å². The van der Waals surface area contributed by atoms with Gasteiger partial charge in [-0.2, -0.15) is 5.26 Å². The van der Waals surface area contributed by atoms with Crippen molar-refractivity contribution in [2.45, 2.75) is 12.8 Å². The molecule has 0 saturated heterocycles. The van der Waals surface area contributed by atoms with Gasteiger partial charge < -0.3 is 5.32 Å². The van der Waals surface area contributed by atoms with Crippen molar-refractivity contribution in [2.24, 2.45) is 0 Å². The second-order valence-corrected chi connectivity index (χ2v) is 7.61. The van der Waals surface area contributed by atoms with E-state index in [4.69, 9.17) is 5.26 Å². The Hall–Kier alpha value is -2.65. The van der Waals surface area contributed by atoms with Crippen LogP contribution >= 0.6 is 0 Å². The number of amides is 1. The number of hydrogen-bond donors (Lipinski definition) is 1. The van der Waals surface area contributed by atoms with Crippen LogP contribution in [0.15, 0.2) is 54.6 Å². The first-order valence-corrected chi connectivity index (χ1v) is 9.35. The van der Waals surface area contributed by atoms with Crippen LogP contribution in [0.3, 0.4) is 0 Å². The predicted octanol–water partition coefficient (Wildman–Crippen LogP) is 2.54. The van der Waals surface area contributed by atoms with E-state index in [1.165, 1.54) is 6.07 Å². The number of benzene rings is 2. The minimum Gasteiger partial charge on any atom is -0.325 e. The van der Waals surface area contributed by atoms with Crippen LogP contribution in [0.1, 0.15) is 17.5 Å². The van der Waals surface area contributed by atoms with Crippen molar-refractivity contribution < 1.29 is 13.2 Å². The van der Waals surface area contributed by atoms with Crippen molar-refractivity contribution in [1.29, 1.82) is 5.26 Å². The average molecular weight is 342 g/mol. The van der Waals surface area contributed by atoms with E-state index in [0.717, 1.165) is 5.56 Å². The number of aryl methyl sites for hydroxylation is 1. The van der Waals surface area contributed by atoms with Crippen molar-refractivity contribution in [2.75, 3.05) is 16.8 Å². The number of nitrogens with zero attached hydrogens (tertiary/aromatic N) is 1. The highest BCUT2D eigenvalue weighted by atomic mass is 32.2. The molecule has 2 aromatic carbocycles. The lowest BCUT2D eigenvalue weighted by atomic mass is 10.1. The van der Waals surface area contributed by atoms with Crippen LogP contribution in [0.4, 0.5) is 5.69 Å². The van der Waals surface area contributed by atoms with Gasteiger partial charge >= 0.3 is 0 Å². The molecular formula is C18H18N2O3S. The van der Waals surface area contributed by atoms with Crippen molar-refractivity contribution in [3.8, 4) is 6.07 Å². The molecule has 0 radical (unpaired) electrons. The van der Waals surface area contributed by atoms with Crippen molar-refractivity contribution in [1.82, 2.24) is 0 Å². The largest absolute Gasteiger partial charge is 0.325 e. The van der Waals surface area contributed by atoms with Crippen molar-refractivity contribution >= 4 is 21.4 Å². The summed E-state index contributed by atoms with van der Waals surface area (Å²) in [5, 5.41) is 11.3. The Morgan fingerprint density at radius 1 is 1.08 bits per heavy atom. The molecule has 0 heterocycles. The highest BCUT2D eigenvalue weighted by Gasteiger charge is 2.16. The first-order chi connectivity index (χ1) is 11.5. The number of anilines is 1. The Morgan fingerprint density at radius 3 is 2.54 bits per heavy atom. The molecule has 0 atom stereocenters. The highest BCUT2D eigenvalue weighted by Crippen LogP contribution is 2.10. The van der Waals surface area contributed by atoms with E-state index in [1.54, 1.807) is 18.2 Å². The minimum atomic E-state index is -3.46. The SMILES string of the molecule is N#Cc1cccc(NC(=O)CS(=O)(=O)CCCc2ccccc2)c1. The van der Waals surface area contributed by atoms with Gasteiger partial charge in [-0.1, -0.05) is 36.4 Å². The third-order valence-corrected chi connectivity index (χ3v) is 5.00. The number of nitriles is 1. The van der Waals surface area contributed by atoms with E-state index in [9.17, 15) is 13.2 Å². The third kappa shape index (κ3) is 5.86. The molecule has 2 rings (SSSR count). The summed E-state index contributed by atoms with van der Waals surface area (Å²) in [5.74, 6) is -1.18. The Balaban J connectivity index is 1.84. The van der Waals surface area contributed by atoms with E-state index < -0.39 is 21.5 Å². The lowest BCUT2D eigenvalue weighted by molar-refractivity contribution is -0.113. The molecule has 0 aromatic heterocycles. The number of carbonyl (C=O) groups excluding carboxylic acids is 1. The molecule has 0 bridgehead atoms. The summed E-state index contributed by atoms with van der Waals surface area (Å²) >= 11 is 0. The fraction of sp³-hybridized carbons (Fsp3) is 0.222. The summed E-state index contributed by atoms with van der Waals surface area (Å²) in [6, 6.07) is 17.9. The maximum atomic E-state index is 12.0. The molecule has 0 fully saturated rings. The molecule has 0 saturated carbocycles. The summed E-state index contributed by atoms with van der Waals surface area (Å²) in [4.78, 5) is 11.9.